The Labute approximate surface area is 169 Å². The maximum Gasteiger partial charge on any atom is 0.307 e. The number of nitrogens with one attached hydrogen (secondary N) is 1. The zero-order valence-electron chi connectivity index (χ0n) is 15.1. The number of hydrogen-bond donors (Lipinski definition) is 1. The molecule has 0 fully saturated rings. The molecule has 2 aromatic heterocycles. The highest BCUT2D eigenvalue weighted by Gasteiger charge is 2.20. The van der Waals surface area contributed by atoms with E-state index < -0.39 is 0 Å². The average molecular weight is 419 g/mol. The Balaban J connectivity index is 1.34. The molecule has 0 atom stereocenters. The van der Waals surface area contributed by atoms with Crippen molar-refractivity contribution >= 4 is 39.3 Å². The molecule has 0 saturated carbocycles. The van der Waals surface area contributed by atoms with Crippen LogP contribution in [0, 0.1) is 5.82 Å². The number of halogens is 1. The molecule has 28 heavy (non-hydrogen) atoms. The maximum absolute atomic E-state index is 12.9. The highest BCUT2D eigenvalue weighted by Crippen LogP contribution is 2.33. The van der Waals surface area contributed by atoms with Gasteiger partial charge < -0.3 is 9.72 Å². The Bertz CT molecular complexity index is 1060. The minimum atomic E-state index is -0.358. The Morgan fingerprint density at radius 1 is 1.25 bits per heavy atom. The molecule has 0 spiro atoms. The van der Waals surface area contributed by atoms with Crippen molar-refractivity contribution in [3.05, 3.63) is 56.7 Å². The van der Waals surface area contributed by atoms with Crippen LogP contribution >= 0.6 is 23.1 Å². The van der Waals surface area contributed by atoms with Gasteiger partial charge in [0.1, 0.15) is 23.1 Å². The number of nitrogens with zero attached hydrogens (tertiary/aromatic N) is 1. The highest BCUT2D eigenvalue weighted by atomic mass is 32.2. The monoisotopic (exact) mass is 418 g/mol. The Morgan fingerprint density at radius 2 is 2.04 bits per heavy atom. The number of aromatic amines is 1. The van der Waals surface area contributed by atoms with Gasteiger partial charge in [-0.05, 0) is 55.5 Å². The lowest BCUT2D eigenvalue weighted by Gasteiger charge is -2.09. The molecule has 146 valence electrons. The number of aryl methyl sites for hydroxylation is 2. The minimum absolute atomic E-state index is 0.0478. The number of rotatable bonds is 6. The van der Waals surface area contributed by atoms with Crippen molar-refractivity contribution in [2.75, 3.05) is 5.75 Å². The third kappa shape index (κ3) is 4.28. The molecular weight excluding hydrogens is 399 g/mol. The van der Waals surface area contributed by atoms with Crippen molar-refractivity contribution in [3.63, 3.8) is 0 Å². The molecule has 0 amide bonds. The van der Waals surface area contributed by atoms with E-state index in [0.717, 1.165) is 41.0 Å². The highest BCUT2D eigenvalue weighted by molar-refractivity contribution is 7.99. The third-order valence-corrected chi connectivity index (χ3v) is 6.83. The molecule has 1 aromatic carbocycles. The number of thiophene rings is 1. The van der Waals surface area contributed by atoms with Crippen LogP contribution in [0.1, 0.15) is 35.5 Å². The molecule has 8 heteroatoms. The van der Waals surface area contributed by atoms with Crippen molar-refractivity contribution in [1.29, 1.82) is 0 Å². The topological polar surface area (TPSA) is 72.0 Å². The summed E-state index contributed by atoms with van der Waals surface area (Å²) >= 11 is 3.03. The summed E-state index contributed by atoms with van der Waals surface area (Å²) < 4.78 is 18.1. The van der Waals surface area contributed by atoms with E-state index in [-0.39, 0.29) is 30.4 Å². The van der Waals surface area contributed by atoms with E-state index in [1.54, 1.807) is 23.5 Å². The SMILES string of the molecule is O=C(CCSc1ccc(F)cc1)OCc1nc2sc3c(c2c(=O)[nH]1)CCCC3. The summed E-state index contributed by atoms with van der Waals surface area (Å²) in [6, 6.07) is 6.13. The quantitative estimate of drug-likeness (QED) is 0.479. The van der Waals surface area contributed by atoms with Crippen LogP contribution in [-0.4, -0.2) is 21.7 Å². The number of fused-ring (bicyclic) bond motifs is 3. The molecule has 3 aromatic rings. The normalized spacial score (nSPS) is 13.5. The molecule has 0 radical (unpaired) electrons. The van der Waals surface area contributed by atoms with Crippen LogP contribution in [0.2, 0.25) is 0 Å². The van der Waals surface area contributed by atoms with Crippen LogP contribution in [0.4, 0.5) is 4.39 Å². The van der Waals surface area contributed by atoms with E-state index in [1.807, 2.05) is 0 Å². The van der Waals surface area contributed by atoms with Gasteiger partial charge in [0.2, 0.25) is 0 Å². The predicted molar refractivity (Wildman–Crippen MR) is 108 cm³/mol. The number of carbonyl (C=O) groups is 1. The van der Waals surface area contributed by atoms with Gasteiger partial charge in [-0.2, -0.15) is 0 Å². The van der Waals surface area contributed by atoms with E-state index in [9.17, 15) is 14.0 Å². The molecular formula is C20H19FN2O3S2. The summed E-state index contributed by atoms with van der Waals surface area (Å²) in [5, 5.41) is 0.700. The zero-order chi connectivity index (χ0) is 19.5. The standard InChI is InChI=1S/C20H19FN2O3S2/c21-12-5-7-13(8-6-12)27-10-9-17(24)26-11-16-22-19(25)18-14-3-1-2-4-15(14)28-20(18)23-16/h5-8H,1-4,9-11H2,(H,22,23,25). The van der Waals surface area contributed by atoms with Crippen LogP contribution in [0.3, 0.4) is 0 Å². The lowest BCUT2D eigenvalue weighted by molar-refractivity contribution is -0.144. The molecule has 4 rings (SSSR count). The van der Waals surface area contributed by atoms with Crippen LogP contribution < -0.4 is 5.56 Å². The minimum Gasteiger partial charge on any atom is -0.457 e. The van der Waals surface area contributed by atoms with E-state index in [1.165, 1.54) is 28.8 Å². The first-order valence-corrected chi connectivity index (χ1v) is 11.0. The number of carbonyl (C=O) groups excluding carboxylic acids is 1. The molecule has 5 nitrogen and oxygen atoms in total. The number of esters is 1. The molecule has 0 aliphatic heterocycles. The molecule has 0 unspecified atom stereocenters. The second kappa shape index (κ2) is 8.45. The second-order valence-electron chi connectivity index (χ2n) is 6.62. The number of H-pyrrole nitrogens is 1. The Kier molecular flexibility index (Phi) is 5.77. The first-order valence-electron chi connectivity index (χ1n) is 9.17. The van der Waals surface area contributed by atoms with E-state index >= 15 is 0 Å². The van der Waals surface area contributed by atoms with Gasteiger partial charge in [-0.25, -0.2) is 9.37 Å². The number of ether oxygens (including phenoxy) is 1. The average Bonchev–Trinajstić information content (AvgIpc) is 3.07. The molecule has 0 saturated heterocycles. The molecule has 1 N–H and O–H groups in total. The molecule has 2 heterocycles. The van der Waals surface area contributed by atoms with Crippen molar-refractivity contribution in [2.45, 2.75) is 43.6 Å². The lowest BCUT2D eigenvalue weighted by Crippen LogP contribution is -2.15. The van der Waals surface area contributed by atoms with E-state index in [0.29, 0.717) is 17.0 Å². The van der Waals surface area contributed by atoms with Gasteiger partial charge in [-0.1, -0.05) is 0 Å². The van der Waals surface area contributed by atoms with Gasteiger partial charge >= 0.3 is 5.97 Å². The molecule has 1 aliphatic carbocycles. The largest absolute Gasteiger partial charge is 0.457 e. The summed E-state index contributed by atoms with van der Waals surface area (Å²) in [5.74, 6) is 0.262. The Hall–Kier alpha value is -2.19. The van der Waals surface area contributed by atoms with Crippen LogP contribution in [0.15, 0.2) is 34.0 Å². The zero-order valence-corrected chi connectivity index (χ0v) is 16.8. The summed E-state index contributed by atoms with van der Waals surface area (Å²) in [4.78, 5) is 34.6. The van der Waals surface area contributed by atoms with Crippen molar-refractivity contribution < 1.29 is 13.9 Å². The van der Waals surface area contributed by atoms with E-state index in [2.05, 4.69) is 9.97 Å². The van der Waals surface area contributed by atoms with Gasteiger partial charge in [-0.15, -0.1) is 23.1 Å². The van der Waals surface area contributed by atoms with Gasteiger partial charge in [0, 0.05) is 15.5 Å². The first kappa shape index (κ1) is 19.1. The lowest BCUT2D eigenvalue weighted by atomic mass is 9.97. The fourth-order valence-electron chi connectivity index (χ4n) is 3.28. The summed E-state index contributed by atoms with van der Waals surface area (Å²) in [6.07, 6.45) is 4.42. The second-order valence-corrected chi connectivity index (χ2v) is 8.87. The number of thioether (sulfide) groups is 1. The molecule has 1 aliphatic rings. The van der Waals surface area contributed by atoms with Crippen molar-refractivity contribution in [2.24, 2.45) is 0 Å². The number of aromatic nitrogens is 2. The molecule has 0 bridgehead atoms. The van der Waals surface area contributed by atoms with Crippen LogP contribution in [0.25, 0.3) is 10.2 Å². The fourth-order valence-corrected chi connectivity index (χ4v) is 5.39. The summed E-state index contributed by atoms with van der Waals surface area (Å²) in [5.41, 5.74) is 0.990. The van der Waals surface area contributed by atoms with Gasteiger partial charge in [-0.3, -0.25) is 9.59 Å². The van der Waals surface area contributed by atoms with Gasteiger partial charge in [0.25, 0.3) is 5.56 Å². The number of benzene rings is 1. The predicted octanol–water partition coefficient (Wildman–Crippen LogP) is 4.23. The van der Waals surface area contributed by atoms with Crippen LogP contribution in [-0.2, 0) is 29.0 Å². The smallest absolute Gasteiger partial charge is 0.307 e. The number of hydrogen-bond acceptors (Lipinski definition) is 6. The summed E-state index contributed by atoms with van der Waals surface area (Å²) in [6.45, 7) is -0.0478. The van der Waals surface area contributed by atoms with Crippen molar-refractivity contribution in [1.82, 2.24) is 9.97 Å². The van der Waals surface area contributed by atoms with Gasteiger partial charge in [0.05, 0.1) is 11.8 Å². The Morgan fingerprint density at radius 3 is 2.86 bits per heavy atom. The van der Waals surface area contributed by atoms with E-state index in [4.69, 9.17) is 4.74 Å². The van der Waals surface area contributed by atoms with Gasteiger partial charge in [0.15, 0.2) is 0 Å². The fraction of sp³-hybridized carbons (Fsp3) is 0.350. The van der Waals surface area contributed by atoms with Crippen molar-refractivity contribution in [3.8, 4) is 0 Å². The maximum atomic E-state index is 12.9. The first-order chi connectivity index (χ1) is 13.6. The third-order valence-electron chi connectivity index (χ3n) is 4.63. The summed E-state index contributed by atoms with van der Waals surface area (Å²) in [7, 11) is 0. The van der Waals surface area contributed by atoms with Crippen LogP contribution in [0.5, 0.6) is 0 Å².